The predicted molar refractivity (Wildman–Crippen MR) is 60.3 cm³/mol. The van der Waals surface area contributed by atoms with Gasteiger partial charge in [0.05, 0.1) is 17.2 Å². The number of hydrogen-bond donors (Lipinski definition) is 1. The van der Waals surface area contributed by atoms with E-state index in [-0.39, 0.29) is 5.69 Å². The summed E-state index contributed by atoms with van der Waals surface area (Å²) >= 11 is 0. The molecule has 0 aliphatic carbocycles. The monoisotopic (exact) mass is 236 g/mol. The highest BCUT2D eigenvalue weighted by atomic mass is 16.6. The summed E-state index contributed by atoms with van der Waals surface area (Å²) in [5.74, 6) is 0.542. The summed E-state index contributed by atoms with van der Waals surface area (Å²) in [5.41, 5.74) is 7.43. The summed E-state index contributed by atoms with van der Waals surface area (Å²) in [6, 6.07) is 0. The minimum atomic E-state index is -0.483. The molecule has 0 saturated carbocycles. The zero-order chi connectivity index (χ0) is 12.6. The summed E-state index contributed by atoms with van der Waals surface area (Å²) in [5, 5.41) is 18.6. The molecule has 0 aliphatic heterocycles. The van der Waals surface area contributed by atoms with E-state index < -0.39 is 4.92 Å². The molecule has 0 aromatic carbocycles. The van der Waals surface area contributed by atoms with Gasteiger partial charge in [0.2, 0.25) is 0 Å². The Hall–Kier alpha value is -2.38. The molecule has 0 unspecified atom stereocenters. The van der Waals surface area contributed by atoms with E-state index in [1.54, 1.807) is 11.7 Å². The largest absolute Gasteiger partial charge is 0.384 e. The van der Waals surface area contributed by atoms with E-state index in [0.29, 0.717) is 12.4 Å². The van der Waals surface area contributed by atoms with Crippen LogP contribution in [0.4, 0.5) is 11.5 Å². The number of nitrogens with two attached hydrogens (primary N) is 1. The van der Waals surface area contributed by atoms with Crippen molar-refractivity contribution in [3.05, 3.63) is 33.8 Å². The summed E-state index contributed by atoms with van der Waals surface area (Å²) in [7, 11) is 1.75. The van der Waals surface area contributed by atoms with Crippen LogP contribution in [0.5, 0.6) is 0 Å². The third-order valence-corrected chi connectivity index (χ3v) is 2.55. The van der Waals surface area contributed by atoms with Gasteiger partial charge in [-0.3, -0.25) is 19.5 Å². The second-order valence-electron chi connectivity index (χ2n) is 3.73. The molecule has 0 amide bonds. The van der Waals surface area contributed by atoms with Gasteiger partial charge in [0.15, 0.2) is 0 Å². The standard InChI is InChI=1S/C9H12N6O2/c1-6-8(9(10)13(2)12-6)5-14-4-7(3-11-14)15(16)17/h3-4H,5,10H2,1-2H3. The van der Waals surface area contributed by atoms with Crippen molar-refractivity contribution in [1.29, 1.82) is 0 Å². The van der Waals surface area contributed by atoms with Gasteiger partial charge in [-0.25, -0.2) is 0 Å². The highest BCUT2D eigenvalue weighted by molar-refractivity contribution is 5.43. The van der Waals surface area contributed by atoms with Crippen molar-refractivity contribution in [2.75, 3.05) is 5.73 Å². The quantitative estimate of drug-likeness (QED) is 0.615. The van der Waals surface area contributed by atoms with Gasteiger partial charge in [-0.05, 0) is 6.92 Å². The van der Waals surface area contributed by atoms with E-state index in [1.165, 1.54) is 17.1 Å². The molecule has 8 heteroatoms. The van der Waals surface area contributed by atoms with Gasteiger partial charge in [-0.15, -0.1) is 0 Å². The molecule has 17 heavy (non-hydrogen) atoms. The maximum absolute atomic E-state index is 10.5. The van der Waals surface area contributed by atoms with Crippen LogP contribution >= 0.6 is 0 Å². The van der Waals surface area contributed by atoms with Crippen molar-refractivity contribution >= 4 is 11.5 Å². The second kappa shape index (κ2) is 3.89. The molecule has 0 fully saturated rings. The van der Waals surface area contributed by atoms with Gasteiger partial charge in [0.1, 0.15) is 18.2 Å². The Balaban J connectivity index is 2.28. The number of nitro groups is 1. The topological polar surface area (TPSA) is 105 Å². The third-order valence-electron chi connectivity index (χ3n) is 2.55. The minimum absolute atomic E-state index is 0.0369. The average Bonchev–Trinajstić information content (AvgIpc) is 2.80. The molecule has 2 N–H and O–H groups in total. The first kappa shape index (κ1) is 11.1. The van der Waals surface area contributed by atoms with Crippen LogP contribution in [0.25, 0.3) is 0 Å². The van der Waals surface area contributed by atoms with Crippen molar-refractivity contribution in [3.8, 4) is 0 Å². The smallest absolute Gasteiger partial charge is 0.307 e. The molecule has 2 heterocycles. The molecule has 0 aliphatic rings. The number of rotatable bonds is 3. The van der Waals surface area contributed by atoms with Crippen LogP contribution in [-0.4, -0.2) is 24.5 Å². The fourth-order valence-electron chi connectivity index (χ4n) is 1.61. The SMILES string of the molecule is Cc1nn(C)c(N)c1Cn1cc([N+](=O)[O-])cn1. The fourth-order valence-corrected chi connectivity index (χ4v) is 1.61. The molecule has 0 atom stereocenters. The van der Waals surface area contributed by atoms with Gasteiger partial charge in [0.25, 0.3) is 0 Å². The van der Waals surface area contributed by atoms with Crippen LogP contribution in [0.1, 0.15) is 11.3 Å². The number of nitrogens with zero attached hydrogens (tertiary/aromatic N) is 5. The number of hydrogen-bond acceptors (Lipinski definition) is 5. The van der Waals surface area contributed by atoms with Gasteiger partial charge < -0.3 is 5.73 Å². The summed E-state index contributed by atoms with van der Waals surface area (Å²) in [6.45, 7) is 2.21. The number of nitrogen functional groups attached to an aromatic ring is 1. The lowest BCUT2D eigenvalue weighted by Gasteiger charge is -2.01. The highest BCUT2D eigenvalue weighted by Crippen LogP contribution is 2.17. The minimum Gasteiger partial charge on any atom is -0.384 e. The van der Waals surface area contributed by atoms with Crippen LogP contribution < -0.4 is 5.73 Å². The van der Waals surface area contributed by atoms with Crippen LogP contribution in [-0.2, 0) is 13.6 Å². The van der Waals surface area contributed by atoms with E-state index in [9.17, 15) is 10.1 Å². The molecular formula is C9H12N6O2. The van der Waals surface area contributed by atoms with Crippen LogP contribution in [0, 0.1) is 17.0 Å². The Bertz CT molecular complexity index is 570. The van der Waals surface area contributed by atoms with Gasteiger partial charge in [0, 0.05) is 12.6 Å². The van der Waals surface area contributed by atoms with E-state index >= 15 is 0 Å². The molecule has 0 bridgehead atoms. The Morgan fingerprint density at radius 1 is 1.59 bits per heavy atom. The average molecular weight is 236 g/mol. The van der Waals surface area contributed by atoms with Crippen molar-refractivity contribution in [3.63, 3.8) is 0 Å². The van der Waals surface area contributed by atoms with Crippen LogP contribution in [0.15, 0.2) is 12.4 Å². The van der Waals surface area contributed by atoms with E-state index in [1.807, 2.05) is 6.92 Å². The summed E-state index contributed by atoms with van der Waals surface area (Å²) in [6.07, 6.45) is 2.58. The highest BCUT2D eigenvalue weighted by Gasteiger charge is 2.14. The lowest BCUT2D eigenvalue weighted by atomic mass is 10.2. The van der Waals surface area contributed by atoms with Gasteiger partial charge in [-0.2, -0.15) is 10.2 Å². The molecule has 0 spiro atoms. The third kappa shape index (κ3) is 1.96. The Morgan fingerprint density at radius 3 is 2.76 bits per heavy atom. The van der Waals surface area contributed by atoms with Crippen LogP contribution in [0.2, 0.25) is 0 Å². The second-order valence-corrected chi connectivity index (χ2v) is 3.73. The molecule has 2 aromatic heterocycles. The fraction of sp³-hybridized carbons (Fsp3) is 0.333. The van der Waals surface area contributed by atoms with E-state index in [0.717, 1.165) is 11.3 Å². The molecule has 2 aromatic rings. The van der Waals surface area contributed by atoms with Gasteiger partial charge in [-0.1, -0.05) is 0 Å². The number of aryl methyl sites for hydroxylation is 2. The molecule has 0 saturated heterocycles. The van der Waals surface area contributed by atoms with Gasteiger partial charge >= 0.3 is 5.69 Å². The molecule has 8 nitrogen and oxygen atoms in total. The maximum atomic E-state index is 10.5. The van der Waals surface area contributed by atoms with Crippen molar-refractivity contribution in [1.82, 2.24) is 19.6 Å². The first-order valence-corrected chi connectivity index (χ1v) is 4.94. The molecule has 0 radical (unpaired) electrons. The van der Waals surface area contributed by atoms with Crippen LogP contribution in [0.3, 0.4) is 0 Å². The lowest BCUT2D eigenvalue weighted by molar-refractivity contribution is -0.385. The number of aromatic nitrogens is 4. The first-order chi connectivity index (χ1) is 7.99. The molecular weight excluding hydrogens is 224 g/mol. The summed E-state index contributed by atoms with van der Waals surface area (Å²) < 4.78 is 3.04. The lowest BCUT2D eigenvalue weighted by Crippen LogP contribution is -2.04. The molecule has 2 rings (SSSR count). The zero-order valence-corrected chi connectivity index (χ0v) is 9.49. The van der Waals surface area contributed by atoms with Crippen molar-refractivity contribution in [2.45, 2.75) is 13.5 Å². The Labute approximate surface area is 96.8 Å². The predicted octanol–water partition coefficient (Wildman–Crippen LogP) is 0.464. The summed E-state index contributed by atoms with van der Waals surface area (Å²) in [4.78, 5) is 10.0. The normalized spacial score (nSPS) is 10.7. The Kier molecular flexibility index (Phi) is 2.54. The number of anilines is 1. The zero-order valence-electron chi connectivity index (χ0n) is 9.49. The van der Waals surface area contributed by atoms with E-state index in [4.69, 9.17) is 5.73 Å². The van der Waals surface area contributed by atoms with Crippen molar-refractivity contribution < 1.29 is 4.92 Å². The molecule has 90 valence electrons. The van der Waals surface area contributed by atoms with Crippen molar-refractivity contribution in [2.24, 2.45) is 7.05 Å². The van der Waals surface area contributed by atoms with E-state index in [2.05, 4.69) is 10.2 Å². The maximum Gasteiger partial charge on any atom is 0.307 e. The first-order valence-electron chi connectivity index (χ1n) is 4.94. The Morgan fingerprint density at radius 2 is 2.29 bits per heavy atom.